The number of amides is 2. The van der Waals surface area contributed by atoms with E-state index < -0.39 is 11.7 Å². The van der Waals surface area contributed by atoms with Crippen molar-refractivity contribution in [1.82, 2.24) is 15.5 Å². The van der Waals surface area contributed by atoms with Gasteiger partial charge in [-0.05, 0) is 30.3 Å². The van der Waals surface area contributed by atoms with Crippen LogP contribution in [0.3, 0.4) is 0 Å². The topological polar surface area (TPSA) is 102 Å². The zero-order valence-corrected chi connectivity index (χ0v) is 16.9. The Hall–Kier alpha value is -3.37. The van der Waals surface area contributed by atoms with E-state index in [1.807, 2.05) is 24.3 Å². The molecule has 0 aliphatic heterocycles. The predicted octanol–water partition coefficient (Wildman–Crippen LogP) is 2.77. The summed E-state index contributed by atoms with van der Waals surface area (Å²) in [6.45, 7) is 0.203. The van der Waals surface area contributed by atoms with E-state index >= 15 is 0 Å². The number of carbonyl (C=O) groups is 2. The maximum atomic E-state index is 12.9. The lowest BCUT2D eigenvalue weighted by atomic mass is 10.2. The molecule has 156 valence electrons. The van der Waals surface area contributed by atoms with Gasteiger partial charge in [-0.2, -0.15) is 0 Å². The van der Waals surface area contributed by atoms with Gasteiger partial charge < -0.3 is 20.1 Å². The van der Waals surface area contributed by atoms with Crippen LogP contribution in [0.1, 0.15) is 20.4 Å². The van der Waals surface area contributed by atoms with Gasteiger partial charge in [-0.25, -0.2) is 4.39 Å². The molecule has 1 aromatic heterocycles. The molecular weight excluding hydrogens is 411 g/mol. The van der Waals surface area contributed by atoms with Gasteiger partial charge in [-0.1, -0.05) is 29.5 Å². The van der Waals surface area contributed by atoms with E-state index in [0.29, 0.717) is 23.0 Å². The molecule has 2 N–H and O–H groups in total. The molecule has 0 bridgehead atoms. The van der Waals surface area contributed by atoms with Crippen molar-refractivity contribution in [2.75, 3.05) is 19.0 Å². The van der Waals surface area contributed by atoms with Gasteiger partial charge in [0.1, 0.15) is 29.8 Å². The fourth-order valence-electron chi connectivity index (χ4n) is 2.45. The number of hydrogen-bond acceptors (Lipinski definition) is 7. The molecule has 0 saturated carbocycles. The number of benzene rings is 2. The first-order chi connectivity index (χ1) is 14.5. The number of ether oxygens (including phenoxy) is 2. The van der Waals surface area contributed by atoms with Gasteiger partial charge in [0.25, 0.3) is 5.91 Å². The third-order valence-electron chi connectivity index (χ3n) is 3.89. The van der Waals surface area contributed by atoms with Gasteiger partial charge in [0.05, 0.1) is 7.11 Å². The number of rotatable bonds is 9. The quantitative estimate of drug-likeness (QED) is 0.541. The van der Waals surface area contributed by atoms with Gasteiger partial charge in [0.15, 0.2) is 0 Å². The van der Waals surface area contributed by atoms with Crippen molar-refractivity contribution < 1.29 is 23.5 Å². The number of para-hydroxylation sites is 1. The van der Waals surface area contributed by atoms with Crippen molar-refractivity contribution in [3.63, 3.8) is 0 Å². The third-order valence-corrected chi connectivity index (χ3v) is 4.79. The minimum absolute atomic E-state index is 0.0452. The maximum Gasteiger partial charge on any atom is 0.286 e. The van der Waals surface area contributed by atoms with Crippen molar-refractivity contribution in [2.24, 2.45) is 0 Å². The molecule has 0 saturated heterocycles. The van der Waals surface area contributed by atoms with Gasteiger partial charge in [0, 0.05) is 17.8 Å². The summed E-state index contributed by atoms with van der Waals surface area (Å²) in [5.41, 5.74) is 1.30. The summed E-state index contributed by atoms with van der Waals surface area (Å²) in [7, 11) is 1.57. The number of hydrogen-bond donors (Lipinski definition) is 2. The Morgan fingerprint density at radius 2 is 1.87 bits per heavy atom. The average Bonchev–Trinajstić information content (AvgIpc) is 3.23. The van der Waals surface area contributed by atoms with Crippen molar-refractivity contribution in [2.45, 2.75) is 13.2 Å². The summed E-state index contributed by atoms with van der Waals surface area (Å²) >= 11 is 1.05. The lowest BCUT2D eigenvalue weighted by Gasteiger charge is -2.09. The number of anilines is 1. The van der Waals surface area contributed by atoms with Gasteiger partial charge in [-0.15, -0.1) is 10.2 Å². The molecule has 30 heavy (non-hydrogen) atoms. The van der Waals surface area contributed by atoms with Crippen molar-refractivity contribution in [1.29, 1.82) is 0 Å². The smallest absolute Gasteiger partial charge is 0.286 e. The van der Waals surface area contributed by atoms with Crippen LogP contribution in [0.4, 0.5) is 10.1 Å². The summed E-state index contributed by atoms with van der Waals surface area (Å²) < 4.78 is 23.5. The standard InChI is InChI=1S/C20H19FN4O4S/c1-28-16-5-3-2-4-13(16)10-22-17(26)11-29-12-18-24-25-20(30-18)19(27)23-15-8-6-14(21)7-9-15/h2-9H,10-12H2,1H3,(H,22,26)(H,23,27). The molecule has 3 rings (SSSR count). The van der Waals surface area contributed by atoms with Crippen LogP contribution >= 0.6 is 11.3 Å². The highest BCUT2D eigenvalue weighted by atomic mass is 32.1. The minimum atomic E-state index is -0.458. The van der Waals surface area contributed by atoms with Crippen LogP contribution in [0.25, 0.3) is 0 Å². The summed E-state index contributed by atoms with van der Waals surface area (Å²) in [4.78, 5) is 24.1. The summed E-state index contributed by atoms with van der Waals surface area (Å²) in [5.74, 6) is -0.450. The van der Waals surface area contributed by atoms with E-state index in [9.17, 15) is 14.0 Å². The molecule has 0 aliphatic carbocycles. The van der Waals surface area contributed by atoms with Crippen LogP contribution in [-0.2, 0) is 22.7 Å². The maximum absolute atomic E-state index is 12.9. The fourth-order valence-corrected chi connectivity index (χ4v) is 3.12. The Kier molecular flexibility index (Phi) is 7.41. The van der Waals surface area contributed by atoms with Crippen LogP contribution in [0.5, 0.6) is 5.75 Å². The monoisotopic (exact) mass is 430 g/mol. The Bertz CT molecular complexity index is 1010. The summed E-state index contributed by atoms with van der Waals surface area (Å²) in [6, 6.07) is 12.8. The van der Waals surface area contributed by atoms with Crippen molar-refractivity contribution in [3.05, 3.63) is 69.9 Å². The first kappa shape index (κ1) is 21.3. The highest BCUT2D eigenvalue weighted by Gasteiger charge is 2.14. The Labute approximate surface area is 176 Å². The van der Waals surface area contributed by atoms with E-state index in [0.717, 1.165) is 16.9 Å². The highest BCUT2D eigenvalue weighted by molar-refractivity contribution is 7.13. The number of nitrogens with one attached hydrogen (secondary N) is 2. The Balaban J connectivity index is 1.42. The van der Waals surface area contributed by atoms with Gasteiger partial charge >= 0.3 is 0 Å². The van der Waals surface area contributed by atoms with Crippen LogP contribution in [-0.4, -0.2) is 35.7 Å². The number of halogens is 1. The second-order valence-electron chi connectivity index (χ2n) is 6.04. The Morgan fingerprint density at radius 3 is 2.63 bits per heavy atom. The van der Waals surface area contributed by atoms with Crippen molar-refractivity contribution in [3.8, 4) is 5.75 Å². The molecule has 8 nitrogen and oxygen atoms in total. The van der Waals surface area contributed by atoms with E-state index in [4.69, 9.17) is 9.47 Å². The number of carbonyl (C=O) groups excluding carboxylic acids is 2. The summed E-state index contributed by atoms with van der Waals surface area (Å²) in [6.07, 6.45) is 0. The molecule has 0 aliphatic rings. The van der Waals surface area contributed by atoms with Crippen molar-refractivity contribution >= 4 is 28.8 Å². The number of aromatic nitrogens is 2. The molecule has 0 unspecified atom stereocenters. The zero-order valence-electron chi connectivity index (χ0n) is 16.1. The van der Waals surface area contributed by atoms with Crippen LogP contribution in [0.2, 0.25) is 0 Å². The first-order valence-corrected chi connectivity index (χ1v) is 9.72. The molecule has 2 aromatic carbocycles. The molecular formula is C20H19FN4O4S. The molecule has 0 atom stereocenters. The minimum Gasteiger partial charge on any atom is -0.496 e. The molecule has 0 radical (unpaired) electrons. The van der Waals surface area contributed by atoms with E-state index in [1.54, 1.807) is 7.11 Å². The van der Waals surface area contributed by atoms with E-state index in [-0.39, 0.29) is 24.1 Å². The van der Waals surface area contributed by atoms with Gasteiger partial charge in [0.2, 0.25) is 10.9 Å². The Morgan fingerprint density at radius 1 is 1.10 bits per heavy atom. The molecule has 3 aromatic rings. The average molecular weight is 430 g/mol. The van der Waals surface area contributed by atoms with E-state index in [1.165, 1.54) is 24.3 Å². The lowest BCUT2D eigenvalue weighted by molar-refractivity contribution is -0.126. The predicted molar refractivity (Wildman–Crippen MR) is 109 cm³/mol. The number of methoxy groups -OCH3 is 1. The van der Waals surface area contributed by atoms with E-state index in [2.05, 4.69) is 20.8 Å². The fraction of sp³-hybridized carbons (Fsp3) is 0.200. The molecule has 2 amide bonds. The van der Waals surface area contributed by atoms with Gasteiger partial charge in [-0.3, -0.25) is 9.59 Å². The zero-order chi connectivity index (χ0) is 21.3. The lowest BCUT2D eigenvalue weighted by Crippen LogP contribution is -2.27. The van der Waals surface area contributed by atoms with Crippen LogP contribution in [0, 0.1) is 5.82 Å². The van der Waals surface area contributed by atoms with Crippen LogP contribution < -0.4 is 15.4 Å². The van der Waals surface area contributed by atoms with Crippen LogP contribution in [0.15, 0.2) is 48.5 Å². The molecule has 0 spiro atoms. The summed E-state index contributed by atoms with van der Waals surface area (Å²) in [5, 5.41) is 13.6. The molecule has 1 heterocycles. The third kappa shape index (κ3) is 6.06. The number of nitrogens with zero attached hydrogens (tertiary/aromatic N) is 2. The second kappa shape index (κ2) is 10.4. The highest BCUT2D eigenvalue weighted by Crippen LogP contribution is 2.17. The first-order valence-electron chi connectivity index (χ1n) is 8.91. The normalized spacial score (nSPS) is 10.5. The molecule has 10 heteroatoms. The second-order valence-corrected chi connectivity index (χ2v) is 7.11. The SMILES string of the molecule is COc1ccccc1CNC(=O)COCc1nnc(C(=O)Nc2ccc(F)cc2)s1. The largest absolute Gasteiger partial charge is 0.496 e. The molecule has 0 fully saturated rings.